The molecule has 1 aliphatic rings. The Hall–Kier alpha value is -3.02. The normalized spacial score (nSPS) is 16.5. The molecule has 2 heterocycles. The second-order valence-electron chi connectivity index (χ2n) is 8.09. The number of alkyl halides is 3. The van der Waals surface area contributed by atoms with Gasteiger partial charge in [0, 0.05) is 0 Å². The van der Waals surface area contributed by atoms with Gasteiger partial charge < -0.3 is 0 Å². The van der Waals surface area contributed by atoms with E-state index in [2.05, 4.69) is 20.7 Å². The summed E-state index contributed by atoms with van der Waals surface area (Å²) in [6, 6.07) is 10.3. The summed E-state index contributed by atoms with van der Waals surface area (Å²) < 4.78 is 66.1. The highest BCUT2D eigenvalue weighted by molar-refractivity contribution is 7.91. The first kappa shape index (κ1) is 25.1. The quantitative estimate of drug-likeness (QED) is 0.528. The Morgan fingerprint density at radius 1 is 1.11 bits per heavy atom. The molecular formula is C23H20ClF3N4O3S. The van der Waals surface area contributed by atoms with E-state index < -0.39 is 31.5 Å². The number of aromatic nitrogens is 2. The van der Waals surface area contributed by atoms with Crippen LogP contribution in [0, 0.1) is 13.8 Å². The maximum Gasteiger partial charge on any atom is 0.416 e. The summed E-state index contributed by atoms with van der Waals surface area (Å²) in [5.41, 5.74) is 4.68. The molecule has 0 saturated carbocycles. The molecular weight excluding hydrogens is 505 g/mol. The van der Waals surface area contributed by atoms with Crippen molar-refractivity contribution in [2.24, 2.45) is 4.99 Å². The number of hydroxylamine groups is 1. The molecule has 2 aromatic carbocycles. The van der Waals surface area contributed by atoms with E-state index in [9.17, 15) is 21.6 Å². The fraction of sp³-hybridized carbons (Fsp3) is 0.261. The average Bonchev–Trinajstić information content (AvgIpc) is 2.80. The number of halogens is 4. The summed E-state index contributed by atoms with van der Waals surface area (Å²) in [5.74, 6) is 0.0355. The van der Waals surface area contributed by atoms with Gasteiger partial charge in [-0.25, -0.2) is 13.9 Å². The van der Waals surface area contributed by atoms with Crippen molar-refractivity contribution in [1.82, 2.24) is 15.7 Å². The fourth-order valence-corrected chi connectivity index (χ4v) is 5.19. The molecule has 0 spiro atoms. The van der Waals surface area contributed by atoms with Gasteiger partial charge >= 0.3 is 6.18 Å². The Kier molecular flexibility index (Phi) is 6.85. The highest BCUT2D eigenvalue weighted by atomic mass is 35.5. The van der Waals surface area contributed by atoms with Crippen LogP contribution in [0.1, 0.15) is 27.8 Å². The molecule has 0 bridgehead atoms. The highest BCUT2D eigenvalue weighted by Crippen LogP contribution is 2.32. The Balaban J connectivity index is 1.74. The lowest BCUT2D eigenvalue weighted by atomic mass is 9.99. The Morgan fingerprint density at radius 3 is 2.60 bits per heavy atom. The van der Waals surface area contributed by atoms with Crippen molar-refractivity contribution in [2.45, 2.75) is 42.4 Å². The van der Waals surface area contributed by atoms with Gasteiger partial charge in [0.1, 0.15) is 0 Å². The summed E-state index contributed by atoms with van der Waals surface area (Å²) >= 11 is 5.98. The molecule has 3 aromatic rings. The van der Waals surface area contributed by atoms with Crippen molar-refractivity contribution in [1.29, 1.82) is 0 Å². The molecule has 0 saturated heterocycles. The smallest absolute Gasteiger partial charge is 0.272 e. The topological polar surface area (TPSA) is 93.5 Å². The standard InChI is InChI=1S/C23H20ClF3N4O3S/c1-13-6-7-15(14(2)8-13)9-17-12-34-31-21(28-17)19-11-20(24)29-30-22(19)35(32,33)18-5-3-4-16(10-18)23(25,26)27/h3-8,10-11,17H,9,12H2,1-2H3,(H,28,31). The number of benzene rings is 2. The van der Waals surface area contributed by atoms with Crippen LogP contribution in [0.5, 0.6) is 0 Å². The van der Waals surface area contributed by atoms with Gasteiger partial charge in [-0.15, -0.1) is 10.2 Å². The number of aliphatic imine (C=N–C) groups is 1. The summed E-state index contributed by atoms with van der Waals surface area (Å²) in [7, 11) is -4.51. The second kappa shape index (κ2) is 9.56. The van der Waals surface area contributed by atoms with Crippen molar-refractivity contribution >= 4 is 27.3 Å². The number of hydrogen-bond donors (Lipinski definition) is 1. The molecule has 4 rings (SSSR count). The number of sulfone groups is 1. The largest absolute Gasteiger partial charge is 0.416 e. The van der Waals surface area contributed by atoms with E-state index in [0.717, 1.165) is 34.9 Å². The van der Waals surface area contributed by atoms with Crippen molar-refractivity contribution in [3.05, 3.63) is 81.5 Å². The van der Waals surface area contributed by atoms with E-state index in [1.54, 1.807) is 0 Å². The van der Waals surface area contributed by atoms with Gasteiger partial charge in [-0.05, 0) is 55.7 Å². The van der Waals surface area contributed by atoms with Crippen LogP contribution >= 0.6 is 11.6 Å². The molecule has 0 radical (unpaired) electrons. The zero-order chi connectivity index (χ0) is 25.4. The fourth-order valence-electron chi connectivity index (χ4n) is 3.69. The first-order valence-corrected chi connectivity index (χ1v) is 12.3. The predicted molar refractivity (Wildman–Crippen MR) is 123 cm³/mol. The highest BCUT2D eigenvalue weighted by Gasteiger charge is 2.34. The molecule has 184 valence electrons. The zero-order valence-corrected chi connectivity index (χ0v) is 20.2. The van der Waals surface area contributed by atoms with E-state index >= 15 is 0 Å². The van der Waals surface area contributed by atoms with E-state index in [-0.39, 0.29) is 29.2 Å². The number of aryl methyl sites for hydroxylation is 2. The lowest BCUT2D eigenvalue weighted by molar-refractivity contribution is -0.137. The summed E-state index contributed by atoms with van der Waals surface area (Å²) in [4.78, 5) is 9.44. The number of rotatable bonds is 5. The minimum absolute atomic E-state index is 0.0355. The minimum Gasteiger partial charge on any atom is -0.272 e. The van der Waals surface area contributed by atoms with Crippen molar-refractivity contribution in [3.8, 4) is 0 Å². The van der Waals surface area contributed by atoms with Gasteiger partial charge in [-0.3, -0.25) is 9.83 Å². The van der Waals surface area contributed by atoms with Crippen LogP contribution in [0.3, 0.4) is 0 Å². The monoisotopic (exact) mass is 524 g/mol. The maximum atomic E-state index is 13.3. The number of nitrogens with zero attached hydrogens (tertiary/aromatic N) is 3. The van der Waals surface area contributed by atoms with E-state index in [1.165, 1.54) is 6.07 Å². The van der Waals surface area contributed by atoms with Crippen LogP contribution < -0.4 is 5.48 Å². The third-order valence-corrected chi connectivity index (χ3v) is 7.29. The third kappa shape index (κ3) is 5.47. The summed E-state index contributed by atoms with van der Waals surface area (Å²) in [6.07, 6.45) is -4.19. The minimum atomic E-state index is -4.72. The Labute approximate surface area is 204 Å². The van der Waals surface area contributed by atoms with Crippen LogP contribution in [-0.2, 0) is 27.3 Å². The van der Waals surface area contributed by atoms with Crippen molar-refractivity contribution in [3.63, 3.8) is 0 Å². The lowest BCUT2D eigenvalue weighted by Gasteiger charge is -2.23. The van der Waals surface area contributed by atoms with E-state index in [1.807, 2.05) is 32.0 Å². The zero-order valence-electron chi connectivity index (χ0n) is 18.6. The molecule has 1 N–H and O–H groups in total. The van der Waals surface area contributed by atoms with Crippen LogP contribution in [-0.4, -0.2) is 37.1 Å². The molecule has 35 heavy (non-hydrogen) atoms. The summed E-state index contributed by atoms with van der Waals surface area (Å²) in [5, 5.41) is 6.58. The van der Waals surface area contributed by atoms with Gasteiger partial charge in [0.25, 0.3) is 0 Å². The SMILES string of the molecule is Cc1ccc(CC2CONC(c3cc(Cl)nnc3S(=O)(=O)c3cccc(C(F)(F)F)c3)=N2)c(C)c1. The average molecular weight is 525 g/mol. The molecule has 1 atom stereocenters. The third-order valence-electron chi connectivity index (χ3n) is 5.42. The maximum absolute atomic E-state index is 13.3. The molecule has 1 aromatic heterocycles. The van der Waals surface area contributed by atoms with Crippen LogP contribution in [0.15, 0.2) is 63.4 Å². The van der Waals surface area contributed by atoms with Gasteiger partial charge in [0.2, 0.25) is 9.84 Å². The van der Waals surface area contributed by atoms with Gasteiger partial charge in [0.05, 0.1) is 28.7 Å². The Bertz CT molecular complexity index is 1410. The summed E-state index contributed by atoms with van der Waals surface area (Å²) in [6.45, 7) is 4.20. The first-order valence-electron chi connectivity index (χ1n) is 10.4. The predicted octanol–water partition coefficient (Wildman–Crippen LogP) is 4.49. The van der Waals surface area contributed by atoms with Crippen molar-refractivity contribution < 1.29 is 26.4 Å². The van der Waals surface area contributed by atoms with Crippen LogP contribution in [0.2, 0.25) is 5.15 Å². The lowest BCUT2D eigenvalue weighted by Crippen LogP contribution is -2.37. The molecule has 12 heteroatoms. The number of hydrogen-bond acceptors (Lipinski definition) is 7. The number of nitrogens with one attached hydrogen (secondary N) is 1. The molecule has 1 unspecified atom stereocenters. The second-order valence-corrected chi connectivity index (χ2v) is 10.3. The van der Waals surface area contributed by atoms with Crippen LogP contribution in [0.4, 0.5) is 13.2 Å². The van der Waals surface area contributed by atoms with Gasteiger partial charge in [-0.2, -0.15) is 13.2 Å². The Morgan fingerprint density at radius 2 is 1.89 bits per heavy atom. The molecule has 1 aliphatic heterocycles. The van der Waals surface area contributed by atoms with Crippen LogP contribution in [0.25, 0.3) is 0 Å². The first-order chi connectivity index (χ1) is 16.4. The van der Waals surface area contributed by atoms with E-state index in [4.69, 9.17) is 16.4 Å². The molecule has 0 aliphatic carbocycles. The number of amidine groups is 1. The van der Waals surface area contributed by atoms with Crippen molar-refractivity contribution in [2.75, 3.05) is 6.61 Å². The van der Waals surface area contributed by atoms with Gasteiger partial charge in [0.15, 0.2) is 16.0 Å². The molecule has 0 amide bonds. The van der Waals surface area contributed by atoms with E-state index in [0.29, 0.717) is 12.5 Å². The molecule has 0 fully saturated rings. The molecule has 7 nitrogen and oxygen atoms in total. The van der Waals surface area contributed by atoms with Gasteiger partial charge in [-0.1, -0.05) is 41.4 Å².